The third kappa shape index (κ3) is 3.79. The van der Waals surface area contributed by atoms with Gasteiger partial charge in [0, 0.05) is 36.8 Å². The number of rotatable bonds is 4. The van der Waals surface area contributed by atoms with Crippen LogP contribution in [0.3, 0.4) is 0 Å². The van der Waals surface area contributed by atoms with Gasteiger partial charge in [0.1, 0.15) is 6.61 Å². The molecule has 1 N–H and O–H groups in total. The van der Waals surface area contributed by atoms with Gasteiger partial charge in [-0.15, -0.1) is 0 Å². The average molecular weight is 452 g/mol. The van der Waals surface area contributed by atoms with Gasteiger partial charge in [-0.3, -0.25) is 4.79 Å². The van der Waals surface area contributed by atoms with Crippen molar-refractivity contribution >= 4 is 29.0 Å². The highest BCUT2D eigenvalue weighted by atomic mass is 32.1. The summed E-state index contributed by atoms with van der Waals surface area (Å²) in [6, 6.07) is 8.08. The van der Waals surface area contributed by atoms with Crippen LogP contribution in [-0.2, 0) is 4.74 Å². The van der Waals surface area contributed by atoms with Crippen LogP contribution in [0.25, 0.3) is 0 Å². The summed E-state index contributed by atoms with van der Waals surface area (Å²) >= 11 is 1.68. The first-order valence-electron chi connectivity index (χ1n) is 11.4. The van der Waals surface area contributed by atoms with E-state index >= 15 is 0 Å². The monoisotopic (exact) mass is 451 g/mol. The second-order valence-corrected chi connectivity index (χ2v) is 9.57. The quantitative estimate of drug-likeness (QED) is 0.647. The van der Waals surface area contributed by atoms with E-state index < -0.39 is 0 Å². The normalized spacial score (nSPS) is 24.3. The molecular weight excluding hydrogens is 422 g/mol. The van der Waals surface area contributed by atoms with Crippen LogP contribution in [-0.4, -0.2) is 48.0 Å². The number of thiophene rings is 1. The lowest BCUT2D eigenvalue weighted by atomic mass is 9.80. The molecule has 32 heavy (non-hydrogen) atoms. The molecule has 0 spiro atoms. The Morgan fingerprint density at radius 1 is 1.19 bits per heavy atom. The lowest BCUT2D eigenvalue weighted by Gasteiger charge is -2.39. The van der Waals surface area contributed by atoms with E-state index in [0.29, 0.717) is 12.1 Å². The van der Waals surface area contributed by atoms with Gasteiger partial charge < -0.3 is 19.9 Å². The summed E-state index contributed by atoms with van der Waals surface area (Å²) < 4.78 is 5.41. The molecule has 2 aromatic rings. The van der Waals surface area contributed by atoms with Crippen molar-refractivity contribution in [2.75, 3.05) is 31.6 Å². The van der Waals surface area contributed by atoms with Crippen LogP contribution >= 0.6 is 11.3 Å². The number of amides is 2. The maximum Gasteiger partial charge on any atom is 0.410 e. The summed E-state index contributed by atoms with van der Waals surface area (Å²) in [6.07, 6.45) is 5.47. The van der Waals surface area contributed by atoms with Gasteiger partial charge in [0.2, 0.25) is 0 Å². The van der Waals surface area contributed by atoms with Gasteiger partial charge in [0.05, 0.1) is 12.1 Å². The van der Waals surface area contributed by atoms with Crippen molar-refractivity contribution in [2.45, 2.75) is 37.8 Å². The van der Waals surface area contributed by atoms with Gasteiger partial charge in [-0.25, -0.2) is 4.79 Å². The van der Waals surface area contributed by atoms with Crippen LogP contribution in [0.5, 0.6) is 0 Å². The molecule has 2 amide bonds. The third-order valence-electron chi connectivity index (χ3n) is 6.91. The molecule has 1 aromatic carbocycles. The zero-order valence-corrected chi connectivity index (χ0v) is 19.0. The van der Waals surface area contributed by atoms with E-state index in [2.05, 4.69) is 28.7 Å². The molecule has 6 nitrogen and oxygen atoms in total. The van der Waals surface area contributed by atoms with Crippen LogP contribution in [0.15, 0.2) is 47.7 Å². The van der Waals surface area contributed by atoms with Crippen LogP contribution in [0, 0.1) is 5.92 Å². The Kier molecular flexibility index (Phi) is 5.91. The molecule has 168 valence electrons. The first kappa shape index (κ1) is 21.1. The molecule has 0 bridgehead atoms. The average Bonchev–Trinajstić information content (AvgIpc) is 3.52. The minimum absolute atomic E-state index is 0.0859. The Morgan fingerprint density at radius 3 is 2.78 bits per heavy atom. The van der Waals surface area contributed by atoms with Gasteiger partial charge in [-0.05, 0) is 71.8 Å². The number of benzene rings is 1. The summed E-state index contributed by atoms with van der Waals surface area (Å²) in [5.74, 6) is 0.302. The summed E-state index contributed by atoms with van der Waals surface area (Å²) in [6.45, 7) is 6.12. The topological polar surface area (TPSA) is 61.9 Å². The lowest BCUT2D eigenvalue weighted by Crippen LogP contribution is -2.38. The molecule has 5 rings (SSSR count). The van der Waals surface area contributed by atoms with Gasteiger partial charge in [0.25, 0.3) is 5.91 Å². The van der Waals surface area contributed by atoms with Gasteiger partial charge in [-0.2, -0.15) is 11.3 Å². The maximum atomic E-state index is 13.2. The van der Waals surface area contributed by atoms with Crippen molar-refractivity contribution in [2.24, 2.45) is 5.92 Å². The molecule has 3 aliphatic rings. The second-order valence-electron chi connectivity index (χ2n) is 8.79. The highest BCUT2D eigenvalue weighted by molar-refractivity contribution is 7.08. The highest BCUT2D eigenvalue weighted by Gasteiger charge is 2.47. The number of carbonyl (C=O) groups excluding carboxylic acids is 2. The minimum Gasteiger partial charge on any atom is -0.445 e. The number of anilines is 1. The Hall–Kier alpha value is -2.80. The summed E-state index contributed by atoms with van der Waals surface area (Å²) in [7, 11) is 0. The zero-order valence-electron chi connectivity index (χ0n) is 18.2. The second kappa shape index (κ2) is 8.98. The van der Waals surface area contributed by atoms with Crippen molar-refractivity contribution < 1.29 is 14.3 Å². The highest BCUT2D eigenvalue weighted by Crippen LogP contribution is 2.51. The number of nitrogens with one attached hydrogen (secondary N) is 1. The molecule has 0 radical (unpaired) electrons. The number of piperidine rings is 1. The van der Waals surface area contributed by atoms with E-state index in [-0.39, 0.29) is 36.6 Å². The molecule has 7 heteroatoms. The first-order valence-corrected chi connectivity index (χ1v) is 12.4. The van der Waals surface area contributed by atoms with E-state index in [1.165, 1.54) is 12.0 Å². The summed E-state index contributed by atoms with van der Waals surface area (Å²) in [5, 5.41) is 7.97. The Labute approximate surface area is 192 Å². The van der Waals surface area contributed by atoms with Gasteiger partial charge in [0.15, 0.2) is 0 Å². The number of ether oxygens (including phenoxy) is 1. The third-order valence-corrected chi connectivity index (χ3v) is 7.61. The minimum atomic E-state index is -0.318. The molecule has 2 saturated heterocycles. The SMILES string of the molecule is C=CCOC(=O)N1CCC2C(c3ccsc3)Nc3ccc(C(=O)N4CCCCC4)cc3C21. The van der Waals surface area contributed by atoms with Crippen LogP contribution < -0.4 is 5.32 Å². The molecule has 4 heterocycles. The van der Waals surface area contributed by atoms with E-state index in [1.807, 2.05) is 28.0 Å². The summed E-state index contributed by atoms with van der Waals surface area (Å²) in [5.41, 5.74) is 3.94. The van der Waals surface area contributed by atoms with Crippen molar-refractivity contribution in [1.82, 2.24) is 9.80 Å². The number of hydrogen-bond donors (Lipinski definition) is 1. The molecule has 3 unspecified atom stereocenters. The molecule has 3 aliphatic heterocycles. The Balaban J connectivity index is 1.51. The number of hydrogen-bond acceptors (Lipinski definition) is 5. The Bertz CT molecular complexity index is 1000. The predicted octanol–water partition coefficient (Wildman–Crippen LogP) is 5.23. The molecule has 1 aromatic heterocycles. The molecule has 3 atom stereocenters. The number of likely N-dealkylation sites (tertiary alicyclic amines) is 2. The van der Waals surface area contributed by atoms with Crippen LogP contribution in [0.2, 0.25) is 0 Å². The summed E-state index contributed by atoms with van der Waals surface area (Å²) in [4.78, 5) is 29.9. The zero-order chi connectivity index (χ0) is 22.1. The fraction of sp³-hybridized carbons (Fsp3) is 0.440. The fourth-order valence-electron chi connectivity index (χ4n) is 5.39. The molecule has 0 aliphatic carbocycles. The number of carbonyl (C=O) groups is 2. The van der Waals surface area contributed by atoms with Crippen molar-refractivity contribution in [1.29, 1.82) is 0 Å². The van der Waals surface area contributed by atoms with Crippen LogP contribution in [0.1, 0.15) is 59.3 Å². The molecular formula is C25H29N3O3S. The number of nitrogens with zero attached hydrogens (tertiary/aromatic N) is 2. The van der Waals surface area contributed by atoms with E-state index in [9.17, 15) is 9.59 Å². The smallest absolute Gasteiger partial charge is 0.410 e. The van der Waals surface area contributed by atoms with E-state index in [1.54, 1.807) is 17.4 Å². The Morgan fingerprint density at radius 2 is 2.03 bits per heavy atom. The molecule has 0 saturated carbocycles. The van der Waals surface area contributed by atoms with Crippen molar-refractivity contribution in [3.05, 3.63) is 64.4 Å². The van der Waals surface area contributed by atoms with E-state index in [0.717, 1.165) is 43.6 Å². The predicted molar refractivity (Wildman–Crippen MR) is 126 cm³/mol. The standard InChI is InChI=1S/C25H29N3O3S/c1-2-13-31-25(30)28-12-8-19-22(18-9-14-32-16-18)26-21-7-6-17(15-20(21)23(19)28)24(29)27-10-4-3-5-11-27/h2,6-7,9,14-16,19,22-23,26H,1,3-5,8,10-13H2. The van der Waals surface area contributed by atoms with Gasteiger partial charge >= 0.3 is 6.09 Å². The fourth-order valence-corrected chi connectivity index (χ4v) is 6.09. The van der Waals surface area contributed by atoms with Gasteiger partial charge in [-0.1, -0.05) is 12.7 Å². The lowest BCUT2D eigenvalue weighted by molar-refractivity contribution is 0.0724. The van der Waals surface area contributed by atoms with Crippen LogP contribution in [0.4, 0.5) is 10.5 Å². The maximum absolute atomic E-state index is 13.2. The molecule has 2 fully saturated rings. The first-order chi connectivity index (χ1) is 15.7. The van der Waals surface area contributed by atoms with Crippen molar-refractivity contribution in [3.63, 3.8) is 0 Å². The largest absolute Gasteiger partial charge is 0.445 e. The van der Waals surface area contributed by atoms with Crippen molar-refractivity contribution in [3.8, 4) is 0 Å². The number of fused-ring (bicyclic) bond motifs is 3. The van der Waals surface area contributed by atoms with E-state index in [4.69, 9.17) is 4.74 Å².